The third-order valence-electron chi connectivity index (χ3n) is 4.24. The Morgan fingerprint density at radius 3 is 2.26 bits per heavy atom. The molecule has 31 heavy (non-hydrogen) atoms. The minimum Gasteiger partial charge on any atom is -0.507 e. The highest BCUT2D eigenvalue weighted by molar-refractivity contribution is 6.33. The summed E-state index contributed by atoms with van der Waals surface area (Å²) in [6.07, 6.45) is -6.15. The predicted molar refractivity (Wildman–Crippen MR) is 108 cm³/mol. The first-order valence-corrected chi connectivity index (χ1v) is 9.26. The zero-order valence-electron chi connectivity index (χ0n) is 15.7. The van der Waals surface area contributed by atoms with Crippen LogP contribution in [-0.2, 0) is 15.7 Å². The van der Waals surface area contributed by atoms with Gasteiger partial charge in [-0.05, 0) is 30.3 Å². The number of anilines is 1. The van der Waals surface area contributed by atoms with Gasteiger partial charge in [0.05, 0.1) is 16.3 Å². The first-order chi connectivity index (χ1) is 14.7. The molecular formula is C22H15ClF3NO4. The highest BCUT2D eigenvalue weighted by Gasteiger charge is 2.32. The van der Waals surface area contributed by atoms with Crippen LogP contribution in [0.2, 0.25) is 5.02 Å². The molecular weight excluding hydrogens is 435 g/mol. The predicted octanol–water partition coefficient (Wildman–Crippen LogP) is 5.60. The van der Waals surface area contributed by atoms with Crippen molar-refractivity contribution in [2.24, 2.45) is 0 Å². The van der Waals surface area contributed by atoms with Gasteiger partial charge in [0.2, 0.25) is 6.10 Å². The average Bonchev–Trinajstić information content (AvgIpc) is 2.73. The molecule has 0 aliphatic carbocycles. The van der Waals surface area contributed by atoms with E-state index in [-0.39, 0.29) is 27.6 Å². The molecule has 0 radical (unpaired) electrons. The summed E-state index contributed by atoms with van der Waals surface area (Å²) in [5, 5.41) is 12.0. The summed E-state index contributed by atoms with van der Waals surface area (Å²) < 4.78 is 44.3. The van der Waals surface area contributed by atoms with Gasteiger partial charge >= 0.3 is 12.1 Å². The number of benzene rings is 3. The first-order valence-electron chi connectivity index (χ1n) is 8.88. The van der Waals surface area contributed by atoms with E-state index in [4.69, 9.17) is 16.3 Å². The normalized spacial score (nSPS) is 12.1. The molecule has 0 aliphatic heterocycles. The van der Waals surface area contributed by atoms with Gasteiger partial charge in [0.25, 0.3) is 5.91 Å². The lowest BCUT2D eigenvalue weighted by Gasteiger charge is -2.19. The number of amides is 1. The van der Waals surface area contributed by atoms with Crippen LogP contribution in [0.1, 0.15) is 27.6 Å². The van der Waals surface area contributed by atoms with Gasteiger partial charge in [-0.1, -0.05) is 54.1 Å². The SMILES string of the molecule is O=C(O[C@@H](C(=O)Nc1cc(C(F)(F)F)ccc1Cl)c1ccccc1)c1ccccc1O. The van der Waals surface area contributed by atoms with Crippen molar-refractivity contribution in [3.8, 4) is 5.75 Å². The minimum atomic E-state index is -4.64. The van der Waals surface area contributed by atoms with Crippen LogP contribution in [0.15, 0.2) is 72.8 Å². The summed E-state index contributed by atoms with van der Waals surface area (Å²) >= 11 is 5.94. The molecule has 0 saturated heterocycles. The van der Waals surface area contributed by atoms with Gasteiger partial charge in [-0.15, -0.1) is 0 Å². The van der Waals surface area contributed by atoms with Crippen LogP contribution >= 0.6 is 11.6 Å². The van der Waals surface area contributed by atoms with E-state index in [2.05, 4.69) is 5.32 Å². The molecule has 1 atom stereocenters. The summed E-state index contributed by atoms with van der Waals surface area (Å²) in [5.41, 5.74) is -1.20. The van der Waals surface area contributed by atoms with Crippen molar-refractivity contribution >= 4 is 29.2 Å². The average molecular weight is 450 g/mol. The Morgan fingerprint density at radius 1 is 0.968 bits per heavy atom. The second-order valence-electron chi connectivity index (χ2n) is 6.39. The number of halogens is 4. The second-order valence-corrected chi connectivity index (χ2v) is 6.80. The zero-order chi connectivity index (χ0) is 22.6. The molecule has 2 N–H and O–H groups in total. The number of aromatic hydroxyl groups is 1. The quantitative estimate of drug-likeness (QED) is 0.497. The smallest absolute Gasteiger partial charge is 0.416 e. The van der Waals surface area contributed by atoms with Gasteiger partial charge in [-0.2, -0.15) is 13.2 Å². The van der Waals surface area contributed by atoms with Crippen molar-refractivity contribution in [1.82, 2.24) is 0 Å². The van der Waals surface area contributed by atoms with Crippen LogP contribution in [0.4, 0.5) is 18.9 Å². The second kappa shape index (κ2) is 9.09. The summed E-state index contributed by atoms with van der Waals surface area (Å²) in [6.45, 7) is 0. The molecule has 160 valence electrons. The minimum absolute atomic E-state index is 0.125. The maximum atomic E-state index is 13.0. The van der Waals surface area contributed by atoms with E-state index in [9.17, 15) is 27.9 Å². The van der Waals surface area contributed by atoms with E-state index in [0.717, 1.165) is 12.1 Å². The fraction of sp³-hybridized carbons (Fsp3) is 0.0909. The third kappa shape index (κ3) is 5.35. The summed E-state index contributed by atoms with van der Waals surface area (Å²) in [5.74, 6) is -2.26. The fourth-order valence-corrected chi connectivity index (χ4v) is 2.88. The van der Waals surface area contributed by atoms with Crippen LogP contribution in [-0.4, -0.2) is 17.0 Å². The molecule has 0 fully saturated rings. The highest BCUT2D eigenvalue weighted by Crippen LogP contribution is 2.34. The van der Waals surface area contributed by atoms with Crippen molar-refractivity contribution in [1.29, 1.82) is 0 Å². The molecule has 3 rings (SSSR count). The Morgan fingerprint density at radius 2 is 1.61 bits per heavy atom. The molecule has 3 aromatic rings. The van der Waals surface area contributed by atoms with Gasteiger partial charge in [-0.25, -0.2) is 4.79 Å². The zero-order valence-corrected chi connectivity index (χ0v) is 16.4. The number of hydrogen-bond acceptors (Lipinski definition) is 4. The van der Waals surface area contributed by atoms with Crippen molar-refractivity contribution < 1.29 is 32.6 Å². The largest absolute Gasteiger partial charge is 0.507 e. The van der Waals surface area contributed by atoms with E-state index in [1.165, 1.54) is 36.4 Å². The summed E-state index contributed by atoms with van der Waals surface area (Å²) in [7, 11) is 0. The maximum Gasteiger partial charge on any atom is 0.416 e. The van der Waals surface area contributed by atoms with E-state index in [1.807, 2.05) is 0 Å². The van der Waals surface area contributed by atoms with Gasteiger partial charge in [0, 0.05) is 5.56 Å². The van der Waals surface area contributed by atoms with E-state index >= 15 is 0 Å². The van der Waals surface area contributed by atoms with Crippen LogP contribution in [0.5, 0.6) is 5.75 Å². The number of rotatable bonds is 5. The molecule has 9 heteroatoms. The number of phenols is 1. The number of carbonyl (C=O) groups excluding carboxylic acids is 2. The molecule has 0 spiro atoms. The van der Waals surface area contributed by atoms with Gasteiger partial charge < -0.3 is 15.2 Å². The standard InChI is InChI=1S/C22H15ClF3NO4/c23-16-11-10-14(22(24,25)26)12-17(16)27-20(29)19(13-6-2-1-3-7-13)31-21(30)15-8-4-5-9-18(15)28/h1-12,19,28H,(H,27,29)/t19-/m1/s1. The fourth-order valence-electron chi connectivity index (χ4n) is 2.71. The van der Waals surface area contributed by atoms with Gasteiger partial charge in [-0.3, -0.25) is 4.79 Å². The van der Waals surface area contributed by atoms with Crippen LogP contribution in [0, 0.1) is 0 Å². The van der Waals surface area contributed by atoms with Crippen molar-refractivity contribution in [3.63, 3.8) is 0 Å². The topological polar surface area (TPSA) is 75.6 Å². The van der Waals surface area contributed by atoms with Crippen molar-refractivity contribution in [3.05, 3.63) is 94.5 Å². The molecule has 0 aliphatic rings. The monoisotopic (exact) mass is 449 g/mol. The lowest BCUT2D eigenvalue weighted by atomic mass is 10.1. The van der Waals surface area contributed by atoms with Crippen LogP contribution in [0.25, 0.3) is 0 Å². The number of esters is 1. The van der Waals surface area contributed by atoms with E-state index in [1.54, 1.807) is 18.2 Å². The number of alkyl halides is 3. The molecule has 0 unspecified atom stereocenters. The number of nitrogens with one attached hydrogen (secondary N) is 1. The Balaban J connectivity index is 1.91. The van der Waals surface area contributed by atoms with Crippen LogP contribution < -0.4 is 5.32 Å². The van der Waals surface area contributed by atoms with Gasteiger partial charge in [0.1, 0.15) is 11.3 Å². The maximum absolute atomic E-state index is 13.0. The Kier molecular flexibility index (Phi) is 6.50. The third-order valence-corrected chi connectivity index (χ3v) is 4.57. The number of phenolic OH excluding ortho intramolecular Hbond substituents is 1. The summed E-state index contributed by atoms with van der Waals surface area (Å²) in [6, 6.07) is 15.9. The highest BCUT2D eigenvalue weighted by atomic mass is 35.5. The van der Waals surface area contributed by atoms with E-state index < -0.39 is 29.7 Å². The molecule has 3 aromatic carbocycles. The number of para-hydroxylation sites is 1. The lowest BCUT2D eigenvalue weighted by molar-refractivity contribution is -0.137. The van der Waals surface area contributed by atoms with Crippen molar-refractivity contribution in [2.45, 2.75) is 12.3 Å². The van der Waals surface area contributed by atoms with Crippen LogP contribution in [0.3, 0.4) is 0 Å². The molecule has 0 saturated carbocycles. The number of carbonyl (C=O) groups is 2. The molecule has 1 amide bonds. The molecule has 0 aromatic heterocycles. The molecule has 0 bridgehead atoms. The first kappa shape index (κ1) is 22.2. The summed E-state index contributed by atoms with van der Waals surface area (Å²) in [4.78, 5) is 25.4. The number of ether oxygens (including phenoxy) is 1. The van der Waals surface area contributed by atoms with Gasteiger partial charge in [0.15, 0.2) is 0 Å². The Bertz CT molecular complexity index is 1100. The van der Waals surface area contributed by atoms with E-state index in [0.29, 0.717) is 6.07 Å². The lowest BCUT2D eigenvalue weighted by Crippen LogP contribution is -2.26. The Hall–Kier alpha value is -3.52. The molecule has 0 heterocycles. The molecule has 5 nitrogen and oxygen atoms in total. The van der Waals surface area contributed by atoms with Crippen molar-refractivity contribution in [2.75, 3.05) is 5.32 Å². The number of hydrogen-bond donors (Lipinski definition) is 2. The Labute approximate surface area is 180 Å².